The second-order valence-electron chi connectivity index (χ2n) is 30.6. The summed E-state index contributed by atoms with van der Waals surface area (Å²) in [6.07, 6.45) is 73.6. The van der Waals surface area contributed by atoms with Gasteiger partial charge in [0, 0.05) is 25.7 Å². The van der Waals surface area contributed by atoms with E-state index in [2.05, 4.69) is 27.7 Å². The summed E-state index contributed by atoms with van der Waals surface area (Å²) in [5, 5.41) is 10.7. The average molecular weight is 1520 g/mol. The molecule has 17 nitrogen and oxygen atoms in total. The van der Waals surface area contributed by atoms with Crippen molar-refractivity contribution in [2.24, 2.45) is 0 Å². The Balaban J connectivity index is 5.22. The third-order valence-electron chi connectivity index (χ3n) is 20.1. The van der Waals surface area contributed by atoms with Crippen LogP contribution in [0.5, 0.6) is 0 Å². The summed E-state index contributed by atoms with van der Waals surface area (Å²) in [6.45, 7) is 5.05. The number of ether oxygens (including phenoxy) is 4. The van der Waals surface area contributed by atoms with Gasteiger partial charge in [0.05, 0.1) is 26.4 Å². The van der Waals surface area contributed by atoms with Gasteiger partial charge in [0.2, 0.25) is 0 Å². The summed E-state index contributed by atoms with van der Waals surface area (Å²) in [5.41, 5.74) is 0. The van der Waals surface area contributed by atoms with E-state index in [1.165, 1.54) is 295 Å². The fourth-order valence-electron chi connectivity index (χ4n) is 13.3. The molecule has 0 rings (SSSR count). The Morgan fingerprint density at radius 1 is 0.231 bits per heavy atom. The number of hydrogen-bond donors (Lipinski definition) is 3. The van der Waals surface area contributed by atoms with E-state index in [4.69, 9.17) is 37.0 Å². The molecule has 3 N–H and O–H groups in total. The first-order chi connectivity index (χ1) is 50.7. The third-order valence-corrected chi connectivity index (χ3v) is 22.0. The maximum absolute atomic E-state index is 13.1. The Morgan fingerprint density at radius 2 is 0.385 bits per heavy atom. The highest BCUT2D eigenvalue weighted by Crippen LogP contribution is 2.45. The maximum Gasteiger partial charge on any atom is 0.472 e. The van der Waals surface area contributed by atoms with Crippen LogP contribution in [-0.4, -0.2) is 96.7 Å². The minimum atomic E-state index is -4.96. The Bertz CT molecular complexity index is 1960. The molecule has 19 heteroatoms. The summed E-state index contributed by atoms with van der Waals surface area (Å²) in [4.78, 5) is 73.2. The molecule has 0 saturated carbocycles. The molecule has 0 aromatic heterocycles. The van der Waals surface area contributed by atoms with Crippen molar-refractivity contribution >= 4 is 39.5 Å². The Kier molecular flexibility index (Phi) is 77.7. The lowest BCUT2D eigenvalue weighted by Crippen LogP contribution is -2.30. The lowest BCUT2D eigenvalue weighted by molar-refractivity contribution is -0.161. The normalized spacial score (nSPS) is 13.7. The maximum atomic E-state index is 13.1. The number of carbonyl (C=O) groups excluding carboxylic acids is 4. The molecule has 0 spiro atoms. The molecule has 0 saturated heterocycles. The summed E-state index contributed by atoms with van der Waals surface area (Å²) >= 11 is 0. The van der Waals surface area contributed by atoms with E-state index in [1.807, 2.05) is 0 Å². The zero-order valence-corrected chi connectivity index (χ0v) is 69.8. The van der Waals surface area contributed by atoms with E-state index in [1.54, 1.807) is 0 Å². The second kappa shape index (κ2) is 79.2. The van der Waals surface area contributed by atoms with Crippen LogP contribution in [0.3, 0.4) is 0 Å². The van der Waals surface area contributed by atoms with Crippen LogP contribution in [0.1, 0.15) is 464 Å². The van der Waals surface area contributed by atoms with E-state index in [0.29, 0.717) is 25.7 Å². The van der Waals surface area contributed by atoms with Gasteiger partial charge in [-0.2, -0.15) is 0 Å². The van der Waals surface area contributed by atoms with Gasteiger partial charge in [-0.25, -0.2) is 9.13 Å². The molecule has 0 aromatic rings. The van der Waals surface area contributed by atoms with Gasteiger partial charge in [-0.15, -0.1) is 0 Å². The molecule has 0 aliphatic carbocycles. The highest BCUT2D eigenvalue weighted by Gasteiger charge is 2.30. The molecule has 0 fully saturated rings. The van der Waals surface area contributed by atoms with Gasteiger partial charge in [-0.3, -0.25) is 37.3 Å². The van der Waals surface area contributed by atoms with Crippen LogP contribution in [0.4, 0.5) is 0 Å². The summed E-state index contributed by atoms with van der Waals surface area (Å²) in [7, 11) is -9.92. The second-order valence-corrected chi connectivity index (χ2v) is 33.5. The molecule has 618 valence electrons. The van der Waals surface area contributed by atoms with Gasteiger partial charge in [-0.1, -0.05) is 413 Å². The first kappa shape index (κ1) is 102. The highest BCUT2D eigenvalue weighted by molar-refractivity contribution is 7.47. The fourth-order valence-corrected chi connectivity index (χ4v) is 14.9. The predicted molar refractivity (Wildman–Crippen MR) is 428 cm³/mol. The Morgan fingerprint density at radius 3 is 0.567 bits per heavy atom. The van der Waals surface area contributed by atoms with Crippen LogP contribution >= 0.6 is 15.6 Å². The third kappa shape index (κ3) is 78.2. The van der Waals surface area contributed by atoms with Crippen molar-refractivity contribution in [3.63, 3.8) is 0 Å². The van der Waals surface area contributed by atoms with Crippen LogP contribution < -0.4 is 0 Å². The molecule has 0 radical (unpaired) electrons. The molecule has 5 atom stereocenters. The molecule has 0 aliphatic rings. The number of aliphatic hydroxyl groups excluding tert-OH is 1. The van der Waals surface area contributed by atoms with Gasteiger partial charge in [0.1, 0.15) is 19.3 Å². The number of hydrogen-bond acceptors (Lipinski definition) is 15. The molecular weight excluding hydrogens is 1350 g/mol. The van der Waals surface area contributed by atoms with E-state index in [-0.39, 0.29) is 25.7 Å². The topological polar surface area (TPSA) is 237 Å². The summed E-state index contributed by atoms with van der Waals surface area (Å²) < 4.78 is 68.9. The SMILES string of the molecule is CCCCCCCCCCCCCCCCCCCCCCCCC(=O)O[C@H](COC(=O)CCCCCCCCCCCCCCCCCCC)COP(=O)(O)OC[C@@H](O)COP(=O)(O)OC[C@@H](COC(=O)CCCCCCCCCCCCC)OC(=O)CCCCCCCCCCCCCCCC. The van der Waals surface area contributed by atoms with Gasteiger partial charge < -0.3 is 33.8 Å². The Hall–Kier alpha value is -1.94. The summed E-state index contributed by atoms with van der Waals surface area (Å²) in [6, 6.07) is 0. The molecule has 104 heavy (non-hydrogen) atoms. The number of esters is 4. The first-order valence-electron chi connectivity index (χ1n) is 44.3. The molecule has 0 bridgehead atoms. The molecule has 2 unspecified atom stereocenters. The molecular formula is C85H166O17P2. The number of unbranched alkanes of at least 4 members (excludes halogenated alkanes) is 60. The lowest BCUT2D eigenvalue weighted by Gasteiger charge is -2.21. The number of phosphoric acid groups is 2. The van der Waals surface area contributed by atoms with Crippen LogP contribution in [0.2, 0.25) is 0 Å². The van der Waals surface area contributed by atoms with Crippen molar-refractivity contribution in [3.05, 3.63) is 0 Å². The van der Waals surface area contributed by atoms with Crippen LogP contribution in [0, 0.1) is 0 Å². The van der Waals surface area contributed by atoms with E-state index >= 15 is 0 Å². The van der Waals surface area contributed by atoms with Crippen molar-refractivity contribution in [1.29, 1.82) is 0 Å². The number of carbonyl (C=O) groups is 4. The van der Waals surface area contributed by atoms with E-state index in [0.717, 1.165) is 89.9 Å². The predicted octanol–water partition coefficient (Wildman–Crippen LogP) is 26.1. The molecule has 0 amide bonds. The fraction of sp³-hybridized carbons (Fsp3) is 0.953. The lowest BCUT2D eigenvalue weighted by atomic mass is 10.0. The largest absolute Gasteiger partial charge is 0.472 e. The molecule has 0 aliphatic heterocycles. The minimum Gasteiger partial charge on any atom is -0.462 e. The number of aliphatic hydroxyl groups is 1. The van der Waals surface area contributed by atoms with Crippen LogP contribution in [0.25, 0.3) is 0 Å². The van der Waals surface area contributed by atoms with Crippen molar-refractivity contribution < 1.29 is 80.2 Å². The van der Waals surface area contributed by atoms with Gasteiger partial charge in [-0.05, 0) is 25.7 Å². The van der Waals surface area contributed by atoms with Gasteiger partial charge >= 0.3 is 39.5 Å². The number of phosphoric ester groups is 2. The monoisotopic (exact) mass is 1520 g/mol. The Labute approximate surface area is 638 Å². The number of rotatable bonds is 86. The van der Waals surface area contributed by atoms with Crippen LogP contribution in [0.15, 0.2) is 0 Å². The van der Waals surface area contributed by atoms with Crippen molar-refractivity contribution in [1.82, 2.24) is 0 Å². The van der Waals surface area contributed by atoms with E-state index in [9.17, 15) is 43.2 Å². The van der Waals surface area contributed by atoms with Crippen molar-refractivity contribution in [3.8, 4) is 0 Å². The quantitative estimate of drug-likeness (QED) is 0.0222. The smallest absolute Gasteiger partial charge is 0.462 e. The zero-order valence-electron chi connectivity index (χ0n) is 68.0. The zero-order chi connectivity index (χ0) is 76.0. The summed E-state index contributed by atoms with van der Waals surface area (Å²) in [5.74, 6) is -2.10. The highest BCUT2D eigenvalue weighted by atomic mass is 31.2. The first-order valence-corrected chi connectivity index (χ1v) is 47.3. The van der Waals surface area contributed by atoms with Gasteiger partial charge in [0.15, 0.2) is 12.2 Å². The minimum absolute atomic E-state index is 0.109. The van der Waals surface area contributed by atoms with Gasteiger partial charge in [0.25, 0.3) is 0 Å². The average Bonchev–Trinajstić information content (AvgIpc) is 0.958. The van der Waals surface area contributed by atoms with Crippen LogP contribution in [-0.2, 0) is 65.4 Å². The van der Waals surface area contributed by atoms with E-state index < -0.39 is 97.5 Å². The molecule has 0 heterocycles. The standard InChI is InChI=1S/C85H166O17P2/c1-5-9-13-17-21-25-29-32-35-37-38-39-40-41-43-45-48-52-56-60-64-68-72-85(90)102-81(76-96-83(88)70-66-62-58-54-50-47-44-42-36-33-30-26-22-18-14-10-6-2)78-100-104(93,94)98-74-79(86)73-97-103(91,92)99-77-80(75-95-82(87)69-65-61-57-53-49-28-24-20-16-12-8-4)101-84(89)71-67-63-59-55-51-46-34-31-27-23-19-15-11-7-3/h79-81,86H,5-78H2,1-4H3,(H,91,92)(H,93,94)/t79-,80+,81+/m0/s1. The molecule has 0 aromatic carbocycles. The van der Waals surface area contributed by atoms with Crippen molar-refractivity contribution in [2.75, 3.05) is 39.6 Å². The van der Waals surface area contributed by atoms with Crippen molar-refractivity contribution in [2.45, 2.75) is 483 Å².